The zero-order valence-electron chi connectivity index (χ0n) is 15.9. The second-order valence-electron chi connectivity index (χ2n) is 9.25. The van der Waals surface area contributed by atoms with E-state index < -0.39 is 11.9 Å². The van der Waals surface area contributed by atoms with E-state index in [1.54, 1.807) is 0 Å². The van der Waals surface area contributed by atoms with Crippen LogP contribution in [0.2, 0.25) is 0 Å². The Labute approximate surface area is 155 Å². The SMILES string of the molecule is Cc1ccc(C[C@H](NC(=O)C23CC4CC(CC(C4)C2)C3)C(N)=O)cc1C. The molecule has 140 valence electrons. The molecule has 1 aromatic carbocycles. The van der Waals surface area contributed by atoms with E-state index in [-0.39, 0.29) is 11.3 Å². The summed E-state index contributed by atoms with van der Waals surface area (Å²) in [5, 5.41) is 3.04. The lowest BCUT2D eigenvalue weighted by Gasteiger charge is -2.55. The zero-order chi connectivity index (χ0) is 18.5. The Hall–Kier alpha value is -1.84. The first-order valence-electron chi connectivity index (χ1n) is 10.0. The normalized spacial score (nSPS) is 33.1. The van der Waals surface area contributed by atoms with Crippen LogP contribution in [0.5, 0.6) is 0 Å². The van der Waals surface area contributed by atoms with Gasteiger partial charge in [0.25, 0.3) is 0 Å². The van der Waals surface area contributed by atoms with E-state index in [9.17, 15) is 9.59 Å². The van der Waals surface area contributed by atoms with E-state index in [0.29, 0.717) is 24.2 Å². The second kappa shape index (κ2) is 6.40. The molecule has 3 N–H and O–H groups in total. The maximum atomic E-state index is 13.2. The molecule has 1 aromatic rings. The Bertz CT molecular complexity index is 704. The van der Waals surface area contributed by atoms with E-state index in [1.807, 2.05) is 6.07 Å². The van der Waals surface area contributed by atoms with Crippen LogP contribution in [0.3, 0.4) is 0 Å². The molecule has 4 aliphatic carbocycles. The minimum atomic E-state index is -0.627. The van der Waals surface area contributed by atoms with Crippen LogP contribution in [0.4, 0.5) is 0 Å². The summed E-state index contributed by atoms with van der Waals surface area (Å²) in [5.74, 6) is 1.75. The van der Waals surface area contributed by atoms with E-state index in [4.69, 9.17) is 5.73 Å². The molecule has 4 bridgehead atoms. The maximum absolute atomic E-state index is 13.2. The first-order chi connectivity index (χ1) is 12.3. The number of benzene rings is 1. The van der Waals surface area contributed by atoms with Gasteiger partial charge in [-0.1, -0.05) is 18.2 Å². The van der Waals surface area contributed by atoms with Gasteiger partial charge in [0.1, 0.15) is 6.04 Å². The summed E-state index contributed by atoms with van der Waals surface area (Å²) in [7, 11) is 0. The highest BCUT2D eigenvalue weighted by Gasteiger charge is 2.54. The molecule has 4 saturated carbocycles. The fourth-order valence-electron chi connectivity index (χ4n) is 6.09. The van der Waals surface area contributed by atoms with Crippen molar-refractivity contribution in [1.29, 1.82) is 0 Å². The van der Waals surface area contributed by atoms with Crippen molar-refractivity contribution in [3.63, 3.8) is 0 Å². The fourth-order valence-corrected chi connectivity index (χ4v) is 6.09. The second-order valence-corrected chi connectivity index (χ2v) is 9.25. The molecule has 4 fully saturated rings. The molecular formula is C22H30N2O2. The van der Waals surface area contributed by atoms with Gasteiger partial charge in [-0.15, -0.1) is 0 Å². The molecule has 4 nitrogen and oxygen atoms in total. The topological polar surface area (TPSA) is 72.2 Å². The lowest BCUT2D eigenvalue weighted by Crippen LogP contribution is -2.57. The average molecular weight is 354 g/mol. The molecule has 0 saturated heterocycles. The van der Waals surface area contributed by atoms with Crippen molar-refractivity contribution < 1.29 is 9.59 Å². The molecule has 4 aliphatic rings. The van der Waals surface area contributed by atoms with E-state index in [1.165, 1.54) is 30.4 Å². The van der Waals surface area contributed by atoms with Crippen molar-refractivity contribution in [2.45, 2.75) is 64.8 Å². The molecule has 26 heavy (non-hydrogen) atoms. The summed E-state index contributed by atoms with van der Waals surface area (Å²) in [6.07, 6.45) is 7.37. The van der Waals surface area contributed by atoms with Crippen molar-refractivity contribution >= 4 is 11.8 Å². The smallest absolute Gasteiger partial charge is 0.240 e. The highest BCUT2D eigenvalue weighted by atomic mass is 16.2. The summed E-state index contributed by atoms with van der Waals surface area (Å²) >= 11 is 0. The number of primary amides is 1. The lowest BCUT2D eigenvalue weighted by molar-refractivity contribution is -0.148. The van der Waals surface area contributed by atoms with Crippen LogP contribution in [0.15, 0.2) is 18.2 Å². The minimum Gasteiger partial charge on any atom is -0.368 e. The quantitative estimate of drug-likeness (QED) is 0.853. The first-order valence-corrected chi connectivity index (χ1v) is 10.0. The molecule has 4 heteroatoms. The molecule has 5 rings (SSSR count). The molecular weight excluding hydrogens is 324 g/mol. The van der Waals surface area contributed by atoms with E-state index >= 15 is 0 Å². The van der Waals surface area contributed by atoms with Gasteiger partial charge >= 0.3 is 0 Å². The van der Waals surface area contributed by atoms with Gasteiger partial charge in [0.15, 0.2) is 0 Å². The van der Waals surface area contributed by atoms with Crippen LogP contribution in [-0.2, 0) is 16.0 Å². The van der Waals surface area contributed by atoms with Crippen LogP contribution in [0.25, 0.3) is 0 Å². The number of carbonyl (C=O) groups excluding carboxylic acids is 2. The minimum absolute atomic E-state index is 0.0734. The van der Waals surface area contributed by atoms with Gasteiger partial charge in [-0.2, -0.15) is 0 Å². The summed E-state index contributed by atoms with van der Waals surface area (Å²) in [5.41, 5.74) is 8.86. The van der Waals surface area contributed by atoms with Crippen molar-refractivity contribution in [3.05, 3.63) is 34.9 Å². The number of carbonyl (C=O) groups is 2. The Kier molecular flexibility index (Phi) is 4.32. The van der Waals surface area contributed by atoms with Gasteiger partial charge in [-0.25, -0.2) is 0 Å². The van der Waals surface area contributed by atoms with Crippen LogP contribution >= 0.6 is 0 Å². The van der Waals surface area contributed by atoms with Crippen molar-refractivity contribution in [1.82, 2.24) is 5.32 Å². The van der Waals surface area contributed by atoms with Crippen molar-refractivity contribution in [2.75, 3.05) is 0 Å². The number of hydrogen-bond acceptors (Lipinski definition) is 2. The number of rotatable bonds is 5. The molecule has 0 spiro atoms. The predicted molar refractivity (Wildman–Crippen MR) is 101 cm³/mol. The van der Waals surface area contributed by atoms with Crippen LogP contribution < -0.4 is 11.1 Å². The molecule has 0 radical (unpaired) electrons. The summed E-state index contributed by atoms with van der Waals surface area (Å²) in [6, 6.07) is 5.54. The number of amides is 2. The summed E-state index contributed by atoms with van der Waals surface area (Å²) < 4.78 is 0. The average Bonchev–Trinajstić information content (AvgIpc) is 2.56. The van der Waals surface area contributed by atoms with Gasteiger partial charge in [0, 0.05) is 11.8 Å². The van der Waals surface area contributed by atoms with Crippen LogP contribution in [-0.4, -0.2) is 17.9 Å². The van der Waals surface area contributed by atoms with E-state index in [0.717, 1.165) is 24.8 Å². The van der Waals surface area contributed by atoms with Crippen molar-refractivity contribution in [2.24, 2.45) is 28.9 Å². The summed E-state index contributed by atoms with van der Waals surface area (Å²) in [4.78, 5) is 25.2. The van der Waals surface area contributed by atoms with Crippen LogP contribution in [0.1, 0.15) is 55.2 Å². The molecule has 2 amide bonds. The van der Waals surface area contributed by atoms with Gasteiger partial charge in [0.05, 0.1) is 0 Å². The number of nitrogens with one attached hydrogen (secondary N) is 1. The van der Waals surface area contributed by atoms with Gasteiger partial charge in [0.2, 0.25) is 11.8 Å². The highest BCUT2D eigenvalue weighted by Crippen LogP contribution is 2.60. The fraction of sp³-hybridized carbons (Fsp3) is 0.636. The molecule has 1 atom stereocenters. The number of hydrogen-bond donors (Lipinski definition) is 2. The van der Waals surface area contributed by atoms with E-state index in [2.05, 4.69) is 31.3 Å². The monoisotopic (exact) mass is 354 g/mol. The molecule has 0 heterocycles. The standard InChI is InChI=1S/C22H30N2O2/c1-13-3-4-15(5-14(13)2)9-19(20(23)25)24-21(26)22-10-16-6-17(11-22)8-18(7-16)12-22/h3-5,16-19H,6-12H2,1-2H3,(H2,23,25)(H,24,26)/t16?,17?,18?,19-,22?/m0/s1. The lowest BCUT2D eigenvalue weighted by atomic mass is 9.49. The Morgan fingerprint density at radius 3 is 2.15 bits per heavy atom. The largest absolute Gasteiger partial charge is 0.368 e. The molecule has 0 aromatic heterocycles. The van der Waals surface area contributed by atoms with Gasteiger partial charge in [-0.05, 0) is 86.8 Å². The predicted octanol–water partition coefficient (Wildman–Crippen LogP) is 3.03. The third-order valence-electron chi connectivity index (χ3n) is 7.18. The third-order valence-corrected chi connectivity index (χ3v) is 7.18. The summed E-state index contributed by atoms with van der Waals surface area (Å²) in [6.45, 7) is 4.13. The van der Waals surface area contributed by atoms with Gasteiger partial charge in [-0.3, -0.25) is 9.59 Å². The Morgan fingerprint density at radius 2 is 1.65 bits per heavy atom. The molecule has 0 aliphatic heterocycles. The first kappa shape index (κ1) is 17.6. The number of nitrogens with two attached hydrogens (primary N) is 1. The van der Waals surface area contributed by atoms with Gasteiger partial charge < -0.3 is 11.1 Å². The zero-order valence-corrected chi connectivity index (χ0v) is 15.9. The highest BCUT2D eigenvalue weighted by molar-refractivity contribution is 5.90. The Morgan fingerprint density at radius 1 is 1.08 bits per heavy atom. The maximum Gasteiger partial charge on any atom is 0.240 e. The van der Waals surface area contributed by atoms with Crippen molar-refractivity contribution in [3.8, 4) is 0 Å². The Balaban J connectivity index is 1.49. The third kappa shape index (κ3) is 3.15. The molecule has 0 unspecified atom stereocenters. The number of aryl methyl sites for hydroxylation is 2. The van der Waals surface area contributed by atoms with Crippen LogP contribution in [0, 0.1) is 37.0 Å².